The van der Waals surface area contributed by atoms with Gasteiger partial charge in [-0.3, -0.25) is 9.78 Å². The molecule has 0 aliphatic heterocycles. The molecule has 1 aromatic rings. The SMILES string of the molecule is CC(C)C(C)CNC(=O)c1cncc(C#CCO)c1. The molecule has 1 unspecified atom stereocenters. The Bertz CT molecular complexity index is 486. The monoisotopic (exact) mass is 260 g/mol. The molecule has 0 saturated carbocycles. The molecule has 0 spiro atoms. The maximum atomic E-state index is 11.9. The number of carbonyl (C=O) groups is 1. The predicted molar refractivity (Wildman–Crippen MR) is 74.5 cm³/mol. The number of aromatic nitrogens is 1. The molecule has 1 aromatic heterocycles. The topological polar surface area (TPSA) is 62.2 Å². The number of carbonyl (C=O) groups excluding carboxylic acids is 1. The standard InChI is InChI=1S/C15H20N2O2/c1-11(2)12(3)8-17-15(19)14-7-13(5-4-6-18)9-16-10-14/h7,9-12,18H,6,8H2,1-3H3,(H,17,19). The second-order valence-corrected chi connectivity index (χ2v) is 4.85. The van der Waals surface area contributed by atoms with Gasteiger partial charge in [-0.15, -0.1) is 0 Å². The molecule has 4 nitrogen and oxygen atoms in total. The number of nitrogens with zero attached hydrogens (tertiary/aromatic N) is 1. The van der Waals surface area contributed by atoms with Crippen molar-refractivity contribution in [2.24, 2.45) is 11.8 Å². The zero-order chi connectivity index (χ0) is 14.3. The molecular weight excluding hydrogens is 240 g/mol. The molecule has 1 amide bonds. The van der Waals surface area contributed by atoms with E-state index in [4.69, 9.17) is 5.11 Å². The Kier molecular flexibility index (Phi) is 6.04. The van der Waals surface area contributed by atoms with Crippen LogP contribution in [0.1, 0.15) is 36.7 Å². The van der Waals surface area contributed by atoms with Crippen LogP contribution in [-0.4, -0.2) is 29.1 Å². The van der Waals surface area contributed by atoms with Crippen LogP contribution in [0, 0.1) is 23.7 Å². The maximum Gasteiger partial charge on any atom is 0.252 e. The summed E-state index contributed by atoms with van der Waals surface area (Å²) in [4.78, 5) is 15.9. The molecule has 4 heteroatoms. The first-order valence-electron chi connectivity index (χ1n) is 6.37. The summed E-state index contributed by atoms with van der Waals surface area (Å²) in [5.41, 5.74) is 1.11. The molecule has 1 rings (SSSR count). The molecule has 19 heavy (non-hydrogen) atoms. The van der Waals surface area contributed by atoms with Gasteiger partial charge in [-0.1, -0.05) is 32.6 Å². The third kappa shape index (κ3) is 5.11. The molecule has 0 bridgehead atoms. The number of nitrogens with one attached hydrogen (secondary N) is 1. The first-order chi connectivity index (χ1) is 9.04. The lowest BCUT2D eigenvalue weighted by molar-refractivity contribution is 0.0944. The first-order valence-corrected chi connectivity index (χ1v) is 6.37. The lowest BCUT2D eigenvalue weighted by Crippen LogP contribution is -2.30. The van der Waals surface area contributed by atoms with E-state index in [0.717, 1.165) is 0 Å². The van der Waals surface area contributed by atoms with Gasteiger partial charge in [0.15, 0.2) is 0 Å². The highest BCUT2D eigenvalue weighted by atomic mass is 16.2. The number of amides is 1. The van der Waals surface area contributed by atoms with Crippen LogP contribution in [0.3, 0.4) is 0 Å². The van der Waals surface area contributed by atoms with Crippen molar-refractivity contribution in [3.8, 4) is 11.8 Å². The van der Waals surface area contributed by atoms with E-state index >= 15 is 0 Å². The van der Waals surface area contributed by atoms with Gasteiger partial charge in [0.2, 0.25) is 0 Å². The van der Waals surface area contributed by atoms with Gasteiger partial charge >= 0.3 is 0 Å². The van der Waals surface area contributed by atoms with Gasteiger partial charge in [-0.25, -0.2) is 0 Å². The number of rotatable bonds is 4. The summed E-state index contributed by atoms with van der Waals surface area (Å²) in [5.74, 6) is 6.07. The minimum absolute atomic E-state index is 0.146. The van der Waals surface area contributed by atoms with Crippen LogP contribution in [-0.2, 0) is 0 Å². The summed E-state index contributed by atoms with van der Waals surface area (Å²) in [7, 11) is 0. The number of hydrogen-bond donors (Lipinski definition) is 2. The second-order valence-electron chi connectivity index (χ2n) is 4.85. The predicted octanol–water partition coefficient (Wildman–Crippen LogP) is 1.45. The van der Waals surface area contributed by atoms with Gasteiger partial charge in [0.1, 0.15) is 6.61 Å². The quantitative estimate of drug-likeness (QED) is 0.805. The number of pyridine rings is 1. The van der Waals surface area contributed by atoms with Crippen LogP contribution in [0.25, 0.3) is 0 Å². The lowest BCUT2D eigenvalue weighted by Gasteiger charge is -2.15. The van der Waals surface area contributed by atoms with E-state index in [0.29, 0.717) is 29.5 Å². The first kappa shape index (κ1) is 15.2. The van der Waals surface area contributed by atoms with Crippen molar-refractivity contribution < 1.29 is 9.90 Å². The molecular formula is C15H20N2O2. The Labute approximate surface area is 114 Å². The number of hydrogen-bond acceptors (Lipinski definition) is 3. The molecule has 0 aliphatic rings. The average molecular weight is 260 g/mol. The van der Waals surface area contributed by atoms with Gasteiger partial charge in [-0.05, 0) is 17.9 Å². The zero-order valence-corrected chi connectivity index (χ0v) is 11.6. The van der Waals surface area contributed by atoms with E-state index in [1.54, 1.807) is 12.3 Å². The smallest absolute Gasteiger partial charge is 0.252 e. The maximum absolute atomic E-state index is 11.9. The highest BCUT2D eigenvalue weighted by Gasteiger charge is 2.10. The Morgan fingerprint density at radius 1 is 1.42 bits per heavy atom. The van der Waals surface area contributed by atoms with E-state index < -0.39 is 0 Å². The van der Waals surface area contributed by atoms with Gasteiger partial charge in [0.25, 0.3) is 5.91 Å². The van der Waals surface area contributed by atoms with Crippen molar-refractivity contribution in [2.75, 3.05) is 13.2 Å². The van der Waals surface area contributed by atoms with E-state index in [1.165, 1.54) is 6.20 Å². The van der Waals surface area contributed by atoms with Gasteiger partial charge < -0.3 is 10.4 Å². The summed E-state index contributed by atoms with van der Waals surface area (Å²) in [5, 5.41) is 11.5. The van der Waals surface area contributed by atoms with Crippen LogP contribution in [0.15, 0.2) is 18.5 Å². The lowest BCUT2D eigenvalue weighted by atomic mass is 9.98. The van der Waals surface area contributed by atoms with Gasteiger partial charge in [0.05, 0.1) is 5.56 Å². The van der Waals surface area contributed by atoms with Crippen LogP contribution in [0.4, 0.5) is 0 Å². The molecule has 102 valence electrons. The number of aliphatic hydroxyl groups excluding tert-OH is 1. The largest absolute Gasteiger partial charge is 0.384 e. The third-order valence-electron chi connectivity index (χ3n) is 3.03. The van der Waals surface area contributed by atoms with Crippen molar-refractivity contribution >= 4 is 5.91 Å². The van der Waals surface area contributed by atoms with E-state index in [-0.39, 0.29) is 12.5 Å². The normalized spacial score (nSPS) is 11.6. The Balaban J connectivity index is 2.67. The molecule has 0 fully saturated rings. The molecule has 0 radical (unpaired) electrons. The van der Waals surface area contributed by atoms with E-state index in [2.05, 4.69) is 42.9 Å². The van der Waals surface area contributed by atoms with Crippen molar-refractivity contribution in [1.82, 2.24) is 10.3 Å². The minimum Gasteiger partial charge on any atom is -0.384 e. The molecule has 0 aliphatic carbocycles. The average Bonchev–Trinajstić information content (AvgIpc) is 2.42. The molecule has 1 heterocycles. The van der Waals surface area contributed by atoms with Crippen molar-refractivity contribution in [2.45, 2.75) is 20.8 Å². The highest BCUT2D eigenvalue weighted by molar-refractivity contribution is 5.94. The summed E-state index contributed by atoms with van der Waals surface area (Å²) in [6, 6.07) is 1.67. The summed E-state index contributed by atoms with van der Waals surface area (Å²) in [6.45, 7) is 6.80. The Hall–Kier alpha value is -1.86. The number of aliphatic hydroxyl groups is 1. The van der Waals surface area contributed by atoms with Crippen molar-refractivity contribution in [3.05, 3.63) is 29.6 Å². The van der Waals surface area contributed by atoms with Crippen LogP contribution < -0.4 is 5.32 Å². The highest BCUT2D eigenvalue weighted by Crippen LogP contribution is 2.08. The summed E-state index contributed by atoms with van der Waals surface area (Å²) in [6.07, 6.45) is 3.08. The Morgan fingerprint density at radius 3 is 2.79 bits per heavy atom. The second kappa shape index (κ2) is 7.55. The molecule has 0 aromatic carbocycles. The fourth-order valence-electron chi connectivity index (χ4n) is 1.37. The fourth-order valence-corrected chi connectivity index (χ4v) is 1.37. The minimum atomic E-state index is -0.206. The Morgan fingerprint density at radius 2 is 2.16 bits per heavy atom. The molecule has 2 N–H and O–H groups in total. The summed E-state index contributed by atoms with van der Waals surface area (Å²) < 4.78 is 0. The molecule has 1 atom stereocenters. The van der Waals surface area contributed by atoms with Gasteiger partial charge in [-0.2, -0.15) is 0 Å². The zero-order valence-electron chi connectivity index (χ0n) is 11.6. The van der Waals surface area contributed by atoms with E-state index in [1.807, 2.05) is 0 Å². The molecule has 0 saturated heterocycles. The third-order valence-corrected chi connectivity index (χ3v) is 3.03. The van der Waals surface area contributed by atoms with Crippen molar-refractivity contribution in [1.29, 1.82) is 0 Å². The van der Waals surface area contributed by atoms with Crippen LogP contribution in [0.2, 0.25) is 0 Å². The fraction of sp³-hybridized carbons (Fsp3) is 0.467. The van der Waals surface area contributed by atoms with Gasteiger partial charge in [0, 0.05) is 24.5 Å². The van der Waals surface area contributed by atoms with Crippen molar-refractivity contribution in [3.63, 3.8) is 0 Å². The van der Waals surface area contributed by atoms with Crippen LogP contribution >= 0.6 is 0 Å². The summed E-state index contributed by atoms with van der Waals surface area (Å²) >= 11 is 0. The van der Waals surface area contributed by atoms with E-state index in [9.17, 15) is 4.79 Å². The van der Waals surface area contributed by atoms with Crippen LogP contribution in [0.5, 0.6) is 0 Å².